The number of primary amides is 1. The monoisotopic (exact) mass is 370 g/mol. The fourth-order valence-corrected chi connectivity index (χ4v) is 4.05. The van der Waals surface area contributed by atoms with Crippen LogP contribution in [-0.4, -0.2) is 23.3 Å². The molecular weight excluding hydrogens is 348 g/mol. The Morgan fingerprint density at radius 3 is 1.93 bits per heavy atom. The van der Waals surface area contributed by atoms with Gasteiger partial charge in [0.05, 0.1) is 5.92 Å². The molecule has 0 saturated carbocycles. The summed E-state index contributed by atoms with van der Waals surface area (Å²) in [7, 11) is 0. The molecule has 1 heterocycles. The maximum Gasteiger partial charge on any atom is 0.244 e. The van der Waals surface area contributed by atoms with Crippen molar-refractivity contribution in [1.29, 1.82) is 0 Å². The second kappa shape index (κ2) is 7.69. The minimum absolute atomic E-state index is 0.101. The number of nitrogens with zero attached hydrogens (tertiary/aromatic N) is 1. The van der Waals surface area contributed by atoms with E-state index in [0.717, 1.165) is 22.3 Å². The summed E-state index contributed by atoms with van der Waals surface area (Å²) in [6.45, 7) is 0.472. The van der Waals surface area contributed by atoms with Crippen molar-refractivity contribution in [3.05, 3.63) is 107 Å². The molecule has 0 bridgehead atoms. The molecule has 1 aliphatic heterocycles. The van der Waals surface area contributed by atoms with E-state index in [1.807, 2.05) is 84.9 Å². The van der Waals surface area contributed by atoms with Crippen molar-refractivity contribution in [1.82, 2.24) is 4.90 Å². The fourth-order valence-electron chi connectivity index (χ4n) is 4.05. The van der Waals surface area contributed by atoms with Crippen LogP contribution in [0.15, 0.2) is 84.9 Å². The lowest BCUT2D eigenvalue weighted by molar-refractivity contribution is -0.140. The van der Waals surface area contributed by atoms with Crippen LogP contribution in [-0.2, 0) is 16.0 Å². The lowest BCUT2D eigenvalue weighted by atomic mass is 9.86. The molecule has 28 heavy (non-hydrogen) atoms. The van der Waals surface area contributed by atoms with Gasteiger partial charge >= 0.3 is 0 Å². The Hall–Kier alpha value is -3.40. The average Bonchev–Trinajstić information content (AvgIpc) is 2.74. The minimum atomic E-state index is -0.743. The number of hydrogen-bond acceptors (Lipinski definition) is 2. The zero-order chi connectivity index (χ0) is 19.5. The third-order valence-electron chi connectivity index (χ3n) is 5.35. The van der Waals surface area contributed by atoms with E-state index in [9.17, 15) is 9.59 Å². The predicted molar refractivity (Wildman–Crippen MR) is 109 cm³/mol. The third-order valence-corrected chi connectivity index (χ3v) is 5.35. The van der Waals surface area contributed by atoms with Crippen molar-refractivity contribution in [2.45, 2.75) is 18.4 Å². The van der Waals surface area contributed by atoms with Crippen molar-refractivity contribution in [3.63, 3.8) is 0 Å². The number of hydrogen-bond donors (Lipinski definition) is 1. The molecule has 1 aliphatic rings. The molecule has 0 spiro atoms. The van der Waals surface area contributed by atoms with E-state index in [1.54, 1.807) is 4.90 Å². The molecule has 0 radical (unpaired) electrons. The van der Waals surface area contributed by atoms with Crippen LogP contribution in [0.4, 0.5) is 0 Å². The summed E-state index contributed by atoms with van der Waals surface area (Å²) >= 11 is 0. The molecular formula is C24H22N2O2. The lowest BCUT2D eigenvalue weighted by Gasteiger charge is -2.37. The van der Waals surface area contributed by atoms with Gasteiger partial charge < -0.3 is 10.6 Å². The first-order valence-corrected chi connectivity index (χ1v) is 9.44. The molecule has 4 heteroatoms. The number of carbonyl (C=O) groups is 2. The van der Waals surface area contributed by atoms with Gasteiger partial charge in [-0.1, -0.05) is 84.9 Å². The predicted octanol–water partition coefficient (Wildman–Crippen LogP) is 3.43. The summed E-state index contributed by atoms with van der Waals surface area (Å²) in [6, 6.07) is 26.4. The number of amides is 2. The SMILES string of the molecule is NC(=O)C1c2ccccc2CCN1C(=O)C(c1ccccc1)c1ccccc1. The Morgan fingerprint density at radius 1 is 0.821 bits per heavy atom. The van der Waals surface area contributed by atoms with E-state index in [1.165, 1.54) is 0 Å². The molecule has 0 aliphatic carbocycles. The number of rotatable bonds is 4. The molecule has 140 valence electrons. The number of nitrogens with two attached hydrogens (primary N) is 1. The molecule has 1 atom stereocenters. The Kier molecular flexibility index (Phi) is 4.94. The van der Waals surface area contributed by atoms with Crippen molar-refractivity contribution in [3.8, 4) is 0 Å². The van der Waals surface area contributed by atoms with Gasteiger partial charge in [-0.15, -0.1) is 0 Å². The maximum atomic E-state index is 13.7. The van der Waals surface area contributed by atoms with E-state index in [4.69, 9.17) is 5.73 Å². The van der Waals surface area contributed by atoms with Gasteiger partial charge in [-0.2, -0.15) is 0 Å². The van der Waals surface area contributed by atoms with Gasteiger partial charge in [0.2, 0.25) is 11.8 Å². The highest BCUT2D eigenvalue weighted by Gasteiger charge is 2.38. The van der Waals surface area contributed by atoms with E-state index >= 15 is 0 Å². The van der Waals surface area contributed by atoms with E-state index < -0.39 is 17.9 Å². The quantitative estimate of drug-likeness (QED) is 0.765. The molecule has 4 nitrogen and oxygen atoms in total. The molecule has 0 fully saturated rings. The van der Waals surface area contributed by atoms with Gasteiger partial charge in [0, 0.05) is 6.54 Å². The smallest absolute Gasteiger partial charge is 0.244 e. The number of fused-ring (bicyclic) bond motifs is 1. The van der Waals surface area contributed by atoms with Crippen LogP contribution in [0.1, 0.15) is 34.2 Å². The molecule has 0 saturated heterocycles. The van der Waals surface area contributed by atoms with Crippen molar-refractivity contribution < 1.29 is 9.59 Å². The third kappa shape index (κ3) is 3.29. The summed E-state index contributed by atoms with van der Waals surface area (Å²) < 4.78 is 0. The lowest BCUT2D eigenvalue weighted by Crippen LogP contribution is -2.47. The topological polar surface area (TPSA) is 63.4 Å². The fraction of sp³-hybridized carbons (Fsp3) is 0.167. The average molecular weight is 370 g/mol. The highest BCUT2D eigenvalue weighted by Crippen LogP contribution is 2.34. The van der Waals surface area contributed by atoms with Crippen LogP contribution in [0.2, 0.25) is 0 Å². The van der Waals surface area contributed by atoms with Gasteiger partial charge in [0.15, 0.2) is 0 Å². The van der Waals surface area contributed by atoms with E-state index in [0.29, 0.717) is 13.0 Å². The molecule has 2 amide bonds. The minimum Gasteiger partial charge on any atom is -0.368 e. The van der Waals surface area contributed by atoms with Gasteiger partial charge in [-0.05, 0) is 28.7 Å². The molecule has 4 rings (SSSR count). The van der Waals surface area contributed by atoms with Crippen LogP contribution < -0.4 is 5.73 Å². The summed E-state index contributed by atoms with van der Waals surface area (Å²) in [5.41, 5.74) is 9.47. The summed E-state index contributed by atoms with van der Waals surface area (Å²) in [4.78, 5) is 27.7. The number of benzene rings is 3. The first-order valence-electron chi connectivity index (χ1n) is 9.44. The van der Waals surface area contributed by atoms with Crippen LogP contribution in [0.5, 0.6) is 0 Å². The Labute approximate surface area is 164 Å². The second-order valence-corrected chi connectivity index (χ2v) is 7.04. The molecule has 1 unspecified atom stereocenters. The van der Waals surface area contributed by atoms with Crippen molar-refractivity contribution in [2.75, 3.05) is 6.54 Å². The molecule has 2 N–H and O–H groups in total. The first-order chi connectivity index (χ1) is 13.7. The first kappa shape index (κ1) is 18.0. The van der Waals surface area contributed by atoms with Crippen molar-refractivity contribution >= 4 is 11.8 Å². The molecule has 3 aromatic rings. The summed E-state index contributed by atoms with van der Waals surface area (Å²) in [6.07, 6.45) is 0.710. The maximum absolute atomic E-state index is 13.7. The second-order valence-electron chi connectivity index (χ2n) is 7.04. The van der Waals surface area contributed by atoms with Crippen LogP contribution in [0.3, 0.4) is 0 Å². The Bertz CT molecular complexity index is 946. The number of carbonyl (C=O) groups excluding carboxylic acids is 2. The molecule has 3 aromatic carbocycles. The standard InChI is InChI=1S/C24H22N2O2/c25-23(27)22-20-14-8-7-9-17(20)15-16-26(22)24(28)21(18-10-3-1-4-11-18)19-12-5-2-6-13-19/h1-14,21-22H,15-16H2,(H2,25,27). The highest BCUT2D eigenvalue weighted by atomic mass is 16.2. The van der Waals surface area contributed by atoms with Crippen LogP contribution in [0.25, 0.3) is 0 Å². The summed E-state index contributed by atoms with van der Waals surface area (Å²) in [5, 5.41) is 0. The van der Waals surface area contributed by atoms with Crippen LogP contribution >= 0.6 is 0 Å². The molecule has 0 aromatic heterocycles. The van der Waals surface area contributed by atoms with Gasteiger partial charge in [-0.25, -0.2) is 0 Å². The largest absolute Gasteiger partial charge is 0.368 e. The van der Waals surface area contributed by atoms with E-state index in [2.05, 4.69) is 0 Å². The van der Waals surface area contributed by atoms with E-state index in [-0.39, 0.29) is 5.91 Å². The summed E-state index contributed by atoms with van der Waals surface area (Å²) in [5.74, 6) is -1.08. The zero-order valence-corrected chi connectivity index (χ0v) is 15.5. The van der Waals surface area contributed by atoms with Crippen molar-refractivity contribution in [2.24, 2.45) is 5.73 Å². The van der Waals surface area contributed by atoms with Gasteiger partial charge in [0.1, 0.15) is 6.04 Å². The normalized spacial score (nSPS) is 15.9. The highest BCUT2D eigenvalue weighted by molar-refractivity contribution is 5.93. The zero-order valence-electron chi connectivity index (χ0n) is 15.5. The Morgan fingerprint density at radius 2 is 1.36 bits per heavy atom. The Balaban J connectivity index is 1.78. The van der Waals surface area contributed by atoms with Gasteiger partial charge in [0.25, 0.3) is 0 Å². The van der Waals surface area contributed by atoms with Crippen LogP contribution in [0, 0.1) is 0 Å². The van der Waals surface area contributed by atoms with Gasteiger partial charge in [-0.3, -0.25) is 9.59 Å².